The van der Waals surface area contributed by atoms with Gasteiger partial charge in [0.1, 0.15) is 9.96 Å². The molecule has 4 rings (SSSR count). The van der Waals surface area contributed by atoms with E-state index in [2.05, 4.69) is 10.6 Å². The minimum atomic E-state index is -4.52. The van der Waals surface area contributed by atoms with Gasteiger partial charge in [-0.15, -0.1) is 11.3 Å². The van der Waals surface area contributed by atoms with Crippen molar-refractivity contribution in [2.75, 3.05) is 44.0 Å². The van der Waals surface area contributed by atoms with Crippen LogP contribution in [-0.2, 0) is 20.9 Å². The Morgan fingerprint density at radius 2 is 1.78 bits per heavy atom. The second kappa shape index (κ2) is 17.0. The molecule has 2 aromatic carbocycles. The van der Waals surface area contributed by atoms with Crippen LogP contribution in [0.2, 0.25) is 0 Å². The number of rotatable bonds is 8. The summed E-state index contributed by atoms with van der Waals surface area (Å²) in [5.41, 5.74) is -0.398. The Hall–Kier alpha value is -3.70. The lowest BCUT2D eigenvalue weighted by atomic mass is 10.0. The number of anilines is 2. The average molecular weight is 741 g/mol. The summed E-state index contributed by atoms with van der Waals surface area (Å²) in [6.07, 6.45) is -3.34. The number of benzene rings is 2. The van der Waals surface area contributed by atoms with Crippen LogP contribution in [0.15, 0.2) is 64.2 Å². The molecule has 0 radical (unpaired) electrons. The summed E-state index contributed by atoms with van der Waals surface area (Å²) in [5.74, 6) is -0.607. The number of sulfonamides is 1. The number of nitrogens with one attached hydrogen (secondary N) is 2. The third-order valence-electron chi connectivity index (χ3n) is 8.38. The molecule has 3 aromatic rings. The lowest BCUT2D eigenvalue weighted by Gasteiger charge is -2.35. The van der Waals surface area contributed by atoms with E-state index in [9.17, 15) is 36.3 Å². The maximum absolute atomic E-state index is 14.3. The zero-order valence-corrected chi connectivity index (χ0v) is 29.9. The highest BCUT2D eigenvalue weighted by molar-refractivity contribution is 7.91. The summed E-state index contributed by atoms with van der Waals surface area (Å²) in [6, 6.07) is 10.3. The number of amides is 3. The molecule has 0 fully saturated rings. The molecule has 11 nitrogen and oxygen atoms in total. The molecule has 16 heteroatoms. The second-order valence-electron chi connectivity index (χ2n) is 12.4. The Kier molecular flexibility index (Phi) is 13.3. The molecule has 4 atom stereocenters. The van der Waals surface area contributed by atoms with E-state index in [-0.39, 0.29) is 58.6 Å². The largest absolute Gasteiger partial charge is 0.490 e. The number of fused-ring (bicyclic) bond motifs is 1. The molecular weight excluding hydrogens is 698 g/mol. The molecule has 1 aliphatic heterocycles. The van der Waals surface area contributed by atoms with Crippen LogP contribution in [0.4, 0.5) is 29.3 Å². The third kappa shape index (κ3) is 10.2. The molecule has 0 spiro atoms. The van der Waals surface area contributed by atoms with Gasteiger partial charge in [0.15, 0.2) is 0 Å². The lowest BCUT2D eigenvalue weighted by Crippen LogP contribution is -2.48. The zero-order valence-electron chi connectivity index (χ0n) is 28.3. The number of urea groups is 1. The smallest absolute Gasteiger partial charge is 0.416 e. The first-order valence-corrected chi connectivity index (χ1v) is 18.5. The number of nitrogens with zero attached hydrogens (tertiary/aromatic N) is 2. The zero-order chi connectivity index (χ0) is 36.6. The third-order valence-corrected chi connectivity index (χ3v) is 11.6. The highest BCUT2D eigenvalue weighted by atomic mass is 32.2. The molecule has 3 amide bonds. The molecule has 0 saturated carbocycles. The van der Waals surface area contributed by atoms with E-state index in [0.717, 1.165) is 42.0 Å². The van der Waals surface area contributed by atoms with Crippen LogP contribution >= 0.6 is 11.3 Å². The Bertz CT molecular complexity index is 1690. The summed E-state index contributed by atoms with van der Waals surface area (Å²) in [6.45, 7) is 5.55. The predicted octanol–water partition coefficient (Wildman–Crippen LogP) is 6.53. The highest BCUT2D eigenvalue weighted by Gasteiger charge is 2.33. The van der Waals surface area contributed by atoms with Gasteiger partial charge in [-0.2, -0.15) is 17.5 Å². The van der Waals surface area contributed by atoms with Gasteiger partial charge in [-0.3, -0.25) is 4.79 Å². The van der Waals surface area contributed by atoms with Crippen molar-refractivity contribution in [3.05, 3.63) is 71.1 Å². The number of ether oxygens (including phenoxy) is 2. The van der Waals surface area contributed by atoms with Crippen molar-refractivity contribution in [1.82, 2.24) is 9.21 Å². The van der Waals surface area contributed by atoms with Crippen molar-refractivity contribution in [3.8, 4) is 5.75 Å². The van der Waals surface area contributed by atoms with Crippen LogP contribution in [0.5, 0.6) is 5.75 Å². The van der Waals surface area contributed by atoms with Gasteiger partial charge >= 0.3 is 12.2 Å². The average Bonchev–Trinajstić information content (AvgIpc) is 3.62. The predicted molar refractivity (Wildman–Crippen MR) is 185 cm³/mol. The fourth-order valence-electron chi connectivity index (χ4n) is 5.41. The summed E-state index contributed by atoms with van der Waals surface area (Å²) in [7, 11) is -2.27. The van der Waals surface area contributed by atoms with Crippen LogP contribution in [-0.4, -0.2) is 86.3 Å². The van der Waals surface area contributed by atoms with Crippen molar-refractivity contribution in [2.24, 2.45) is 5.92 Å². The van der Waals surface area contributed by atoms with E-state index in [1.165, 1.54) is 22.3 Å². The van der Waals surface area contributed by atoms with Crippen molar-refractivity contribution in [2.45, 2.75) is 68.7 Å². The number of aliphatic hydroxyl groups is 1. The molecule has 0 saturated heterocycles. The van der Waals surface area contributed by atoms with Gasteiger partial charge in [0.25, 0.3) is 15.9 Å². The summed E-state index contributed by atoms with van der Waals surface area (Å²) in [4.78, 5) is 28.6. The fraction of sp³-hybridized carbons (Fsp3) is 0.471. The quantitative estimate of drug-likeness (QED) is 0.239. The Morgan fingerprint density at radius 3 is 2.42 bits per heavy atom. The second-order valence-corrected chi connectivity index (χ2v) is 15.6. The van der Waals surface area contributed by atoms with E-state index in [4.69, 9.17) is 9.47 Å². The summed E-state index contributed by atoms with van der Waals surface area (Å²) >= 11 is 1.12. The monoisotopic (exact) mass is 740 g/mol. The van der Waals surface area contributed by atoms with E-state index in [0.29, 0.717) is 19.4 Å². The van der Waals surface area contributed by atoms with Gasteiger partial charge in [0.05, 0.1) is 36.0 Å². The number of hydrogen-bond donors (Lipinski definition) is 3. The molecule has 0 aliphatic carbocycles. The summed E-state index contributed by atoms with van der Waals surface area (Å²) in [5, 5.41) is 17.0. The first-order valence-electron chi connectivity index (χ1n) is 16.2. The molecule has 0 unspecified atom stereocenters. The molecule has 3 N–H and O–H groups in total. The van der Waals surface area contributed by atoms with Gasteiger partial charge in [-0.1, -0.05) is 13.0 Å². The number of carbonyl (C=O) groups excluding carboxylic acids is 2. The first-order chi connectivity index (χ1) is 23.6. The van der Waals surface area contributed by atoms with Crippen LogP contribution in [0.25, 0.3) is 0 Å². The maximum atomic E-state index is 14.3. The number of hydrogen-bond acceptors (Lipinski definition) is 8. The number of alkyl halides is 3. The Balaban J connectivity index is 1.60. The van der Waals surface area contributed by atoms with E-state index in [1.807, 2.05) is 13.8 Å². The lowest BCUT2D eigenvalue weighted by molar-refractivity contribution is -0.137. The minimum absolute atomic E-state index is 0.0369. The van der Waals surface area contributed by atoms with Crippen LogP contribution in [0.1, 0.15) is 56.0 Å². The van der Waals surface area contributed by atoms with Gasteiger partial charge in [-0.25, -0.2) is 13.2 Å². The van der Waals surface area contributed by atoms with Gasteiger partial charge in [0, 0.05) is 44.0 Å². The number of likely N-dealkylation sites (N-methyl/N-ethyl adjacent to an activating group) is 1. The molecular formula is C34H43F3N4O7S2. The SMILES string of the molecule is C[C@@H]1CCCCO[C@H](CN(C)S(=O)(=O)c2cccs2)[C@H](C)CN([C@@H](C)CO)C(=O)c2cc(NC(=O)Nc3ccc(C(F)(F)F)cc3)ccc2O1. The van der Waals surface area contributed by atoms with Crippen LogP contribution < -0.4 is 15.4 Å². The normalized spacial score (nSPS) is 20.4. The highest BCUT2D eigenvalue weighted by Crippen LogP contribution is 2.31. The molecule has 0 bridgehead atoms. The number of aliphatic hydroxyl groups excluding tert-OH is 1. The van der Waals surface area contributed by atoms with Gasteiger partial charge in [-0.05, 0) is 87.0 Å². The summed E-state index contributed by atoms with van der Waals surface area (Å²) < 4.78 is 79.2. The van der Waals surface area contributed by atoms with Crippen LogP contribution in [0.3, 0.4) is 0 Å². The first kappa shape index (κ1) is 39.1. The molecule has 50 heavy (non-hydrogen) atoms. The number of thiophene rings is 1. The topological polar surface area (TPSA) is 138 Å². The van der Waals surface area contributed by atoms with Crippen molar-refractivity contribution in [3.63, 3.8) is 0 Å². The minimum Gasteiger partial charge on any atom is -0.490 e. The fourth-order valence-corrected chi connectivity index (χ4v) is 7.80. The van der Waals surface area contributed by atoms with E-state index in [1.54, 1.807) is 36.6 Å². The Morgan fingerprint density at radius 1 is 1.10 bits per heavy atom. The van der Waals surface area contributed by atoms with Gasteiger partial charge in [0.2, 0.25) is 0 Å². The maximum Gasteiger partial charge on any atom is 0.416 e. The van der Waals surface area contributed by atoms with E-state index >= 15 is 0 Å². The molecule has 1 aromatic heterocycles. The van der Waals surface area contributed by atoms with Crippen molar-refractivity contribution < 1.29 is 45.8 Å². The molecule has 1 aliphatic rings. The van der Waals surface area contributed by atoms with Gasteiger partial charge < -0.3 is 30.1 Å². The van der Waals surface area contributed by atoms with Crippen molar-refractivity contribution >= 4 is 44.7 Å². The number of halogens is 3. The van der Waals surface area contributed by atoms with E-state index < -0.39 is 45.8 Å². The van der Waals surface area contributed by atoms with Crippen LogP contribution in [0, 0.1) is 5.92 Å². The number of carbonyl (C=O) groups is 2. The van der Waals surface area contributed by atoms with Crippen molar-refractivity contribution in [1.29, 1.82) is 0 Å². The molecule has 274 valence electrons. The Labute approximate surface area is 294 Å². The molecule has 2 heterocycles. The standard InChI is InChI=1S/C34H43F3N4O7S2/c1-22-19-41(23(2)21-42)32(43)28-18-27(39-33(44)38-26-12-10-25(11-13-26)34(35,36)37)14-15-29(28)48-24(3)8-5-6-16-47-30(22)20-40(4)50(45,46)31-9-7-17-49-31/h7,9-15,17-18,22-24,30,42H,5-6,8,16,19-21H2,1-4H3,(H2,38,39,44)/t22-,23+,24-,30-/m1/s1.